The fourth-order valence-corrected chi connectivity index (χ4v) is 3.10. The Hall–Kier alpha value is -1.55. The highest BCUT2D eigenvalue weighted by Crippen LogP contribution is 2.29. The first kappa shape index (κ1) is 15.8. The predicted molar refractivity (Wildman–Crippen MR) is 87.1 cm³/mol. The van der Waals surface area contributed by atoms with E-state index in [0.717, 1.165) is 38.0 Å². The van der Waals surface area contributed by atoms with Crippen LogP contribution in [0.3, 0.4) is 0 Å². The van der Waals surface area contributed by atoms with Crippen LogP contribution in [0.1, 0.15) is 33.1 Å². The molecule has 1 aliphatic rings. The zero-order valence-corrected chi connectivity index (χ0v) is 13.1. The van der Waals surface area contributed by atoms with Crippen LogP contribution in [0.5, 0.6) is 0 Å². The second-order valence-corrected chi connectivity index (χ2v) is 5.94. The first-order chi connectivity index (χ1) is 10.1. The summed E-state index contributed by atoms with van der Waals surface area (Å²) in [6.45, 7) is 6.15. The summed E-state index contributed by atoms with van der Waals surface area (Å²) < 4.78 is 0. The number of carbonyl (C=O) groups excluding carboxylic acids is 1. The molecule has 1 aliphatic heterocycles. The molecule has 1 aromatic rings. The van der Waals surface area contributed by atoms with Crippen molar-refractivity contribution in [3.05, 3.63) is 30.3 Å². The molecule has 1 amide bonds. The molecular formula is C17H27N3O. The van der Waals surface area contributed by atoms with Gasteiger partial charge in [-0.2, -0.15) is 0 Å². The first-order valence-electron chi connectivity index (χ1n) is 7.96. The summed E-state index contributed by atoms with van der Waals surface area (Å²) in [5, 5.41) is 3.51. The molecular weight excluding hydrogens is 262 g/mol. The number of hydrogen-bond acceptors (Lipinski definition) is 3. The number of nitrogens with two attached hydrogens (primary N) is 1. The van der Waals surface area contributed by atoms with Crippen molar-refractivity contribution in [3.8, 4) is 0 Å². The number of carbonyl (C=O) groups is 1. The van der Waals surface area contributed by atoms with Gasteiger partial charge in [0.1, 0.15) is 0 Å². The Balaban J connectivity index is 1.97. The second kappa shape index (κ2) is 6.94. The third-order valence-corrected chi connectivity index (χ3v) is 4.82. The molecule has 4 nitrogen and oxygen atoms in total. The van der Waals surface area contributed by atoms with Gasteiger partial charge in [0.2, 0.25) is 5.91 Å². The molecule has 1 fully saturated rings. The summed E-state index contributed by atoms with van der Waals surface area (Å²) in [5.41, 5.74) is 6.64. The molecule has 0 saturated carbocycles. The van der Waals surface area contributed by atoms with Crippen molar-refractivity contribution < 1.29 is 4.79 Å². The molecule has 0 aromatic heterocycles. The predicted octanol–water partition coefficient (Wildman–Crippen LogP) is 2.46. The van der Waals surface area contributed by atoms with E-state index in [1.807, 2.05) is 23.1 Å². The van der Waals surface area contributed by atoms with E-state index >= 15 is 0 Å². The normalized spacial score (nSPS) is 18.8. The monoisotopic (exact) mass is 289 g/mol. The van der Waals surface area contributed by atoms with Gasteiger partial charge in [0.05, 0.1) is 5.41 Å². The summed E-state index contributed by atoms with van der Waals surface area (Å²) in [6.07, 6.45) is 2.62. The molecule has 1 aromatic carbocycles. The van der Waals surface area contributed by atoms with Gasteiger partial charge in [0, 0.05) is 31.4 Å². The molecule has 0 radical (unpaired) electrons. The molecule has 116 valence electrons. The Morgan fingerprint density at radius 3 is 2.57 bits per heavy atom. The summed E-state index contributed by atoms with van der Waals surface area (Å²) >= 11 is 0. The Morgan fingerprint density at radius 1 is 1.33 bits per heavy atom. The number of nitrogens with one attached hydrogen (secondary N) is 1. The number of anilines is 1. The van der Waals surface area contributed by atoms with Gasteiger partial charge in [-0.25, -0.2) is 0 Å². The van der Waals surface area contributed by atoms with Gasteiger partial charge in [0.25, 0.3) is 0 Å². The molecule has 1 heterocycles. The van der Waals surface area contributed by atoms with E-state index in [0.29, 0.717) is 12.6 Å². The van der Waals surface area contributed by atoms with E-state index in [4.69, 9.17) is 5.73 Å². The Morgan fingerprint density at radius 2 is 2.00 bits per heavy atom. The standard InChI is InChI=1S/C17H27N3O/c1-3-17(4-2,13-18)16(21)20-11-10-15(12-20)19-14-8-6-5-7-9-14/h5-9,15,19H,3-4,10-13,18H2,1-2H3. The summed E-state index contributed by atoms with van der Waals surface area (Å²) in [7, 11) is 0. The van der Waals surface area contributed by atoms with Crippen LogP contribution in [-0.4, -0.2) is 36.5 Å². The van der Waals surface area contributed by atoms with Gasteiger partial charge in [-0.05, 0) is 31.4 Å². The lowest BCUT2D eigenvalue weighted by molar-refractivity contribution is -0.141. The van der Waals surface area contributed by atoms with Crippen LogP contribution in [0.4, 0.5) is 5.69 Å². The van der Waals surface area contributed by atoms with Crippen LogP contribution < -0.4 is 11.1 Å². The zero-order valence-electron chi connectivity index (χ0n) is 13.1. The quantitative estimate of drug-likeness (QED) is 0.846. The topological polar surface area (TPSA) is 58.4 Å². The second-order valence-electron chi connectivity index (χ2n) is 5.94. The van der Waals surface area contributed by atoms with Crippen molar-refractivity contribution in [2.24, 2.45) is 11.1 Å². The maximum absolute atomic E-state index is 12.8. The molecule has 4 heteroatoms. The number of amides is 1. The van der Waals surface area contributed by atoms with Crippen molar-refractivity contribution in [3.63, 3.8) is 0 Å². The van der Waals surface area contributed by atoms with Gasteiger partial charge in [-0.3, -0.25) is 4.79 Å². The summed E-state index contributed by atoms with van der Waals surface area (Å²) in [4.78, 5) is 14.8. The lowest BCUT2D eigenvalue weighted by Gasteiger charge is -2.33. The molecule has 3 N–H and O–H groups in total. The van der Waals surface area contributed by atoms with E-state index in [-0.39, 0.29) is 11.3 Å². The number of rotatable bonds is 6. The van der Waals surface area contributed by atoms with Gasteiger partial charge in [-0.15, -0.1) is 0 Å². The number of hydrogen-bond donors (Lipinski definition) is 2. The van der Waals surface area contributed by atoms with Crippen molar-refractivity contribution in [2.75, 3.05) is 25.0 Å². The highest BCUT2D eigenvalue weighted by molar-refractivity contribution is 5.83. The number of nitrogens with zero attached hydrogens (tertiary/aromatic N) is 1. The minimum absolute atomic E-state index is 0.229. The van der Waals surface area contributed by atoms with Crippen molar-refractivity contribution >= 4 is 11.6 Å². The van der Waals surface area contributed by atoms with Crippen molar-refractivity contribution in [2.45, 2.75) is 39.2 Å². The van der Waals surface area contributed by atoms with Crippen molar-refractivity contribution in [1.29, 1.82) is 0 Å². The largest absolute Gasteiger partial charge is 0.380 e. The lowest BCUT2D eigenvalue weighted by atomic mass is 9.81. The van der Waals surface area contributed by atoms with E-state index < -0.39 is 0 Å². The molecule has 1 saturated heterocycles. The highest BCUT2D eigenvalue weighted by atomic mass is 16.2. The van der Waals surface area contributed by atoms with Crippen LogP contribution in [0, 0.1) is 5.41 Å². The Kier molecular flexibility index (Phi) is 5.23. The van der Waals surface area contributed by atoms with E-state index in [1.165, 1.54) is 0 Å². The van der Waals surface area contributed by atoms with Gasteiger partial charge in [-0.1, -0.05) is 32.0 Å². The average Bonchev–Trinajstić information content (AvgIpc) is 2.99. The third-order valence-electron chi connectivity index (χ3n) is 4.82. The molecule has 0 aliphatic carbocycles. The molecule has 2 rings (SSSR count). The van der Waals surface area contributed by atoms with Gasteiger partial charge in [0.15, 0.2) is 0 Å². The lowest BCUT2D eigenvalue weighted by Crippen LogP contribution is -2.47. The minimum Gasteiger partial charge on any atom is -0.380 e. The van der Waals surface area contributed by atoms with Crippen LogP contribution in [0.15, 0.2) is 30.3 Å². The zero-order chi connectivity index (χ0) is 15.3. The molecule has 0 spiro atoms. The SMILES string of the molecule is CCC(CC)(CN)C(=O)N1CCC(Nc2ccccc2)C1. The average molecular weight is 289 g/mol. The van der Waals surface area contributed by atoms with Crippen LogP contribution in [0.2, 0.25) is 0 Å². The van der Waals surface area contributed by atoms with Gasteiger partial charge < -0.3 is 16.0 Å². The van der Waals surface area contributed by atoms with E-state index in [9.17, 15) is 4.79 Å². The number of para-hydroxylation sites is 1. The smallest absolute Gasteiger partial charge is 0.230 e. The maximum atomic E-state index is 12.8. The van der Waals surface area contributed by atoms with Crippen molar-refractivity contribution in [1.82, 2.24) is 4.90 Å². The first-order valence-corrected chi connectivity index (χ1v) is 7.96. The van der Waals surface area contributed by atoms with E-state index in [2.05, 4.69) is 31.3 Å². The third kappa shape index (κ3) is 3.38. The Labute approximate surface area is 127 Å². The Bertz CT molecular complexity index is 448. The molecule has 1 atom stereocenters. The van der Waals surface area contributed by atoms with Crippen LogP contribution in [0.25, 0.3) is 0 Å². The molecule has 21 heavy (non-hydrogen) atoms. The van der Waals surface area contributed by atoms with Crippen LogP contribution in [-0.2, 0) is 4.79 Å². The summed E-state index contributed by atoms with van der Waals surface area (Å²) in [6, 6.07) is 10.5. The van der Waals surface area contributed by atoms with Gasteiger partial charge >= 0.3 is 0 Å². The fraction of sp³-hybridized carbons (Fsp3) is 0.588. The van der Waals surface area contributed by atoms with E-state index in [1.54, 1.807) is 0 Å². The summed E-state index contributed by atoms with van der Waals surface area (Å²) in [5.74, 6) is 0.229. The fourth-order valence-electron chi connectivity index (χ4n) is 3.10. The minimum atomic E-state index is -0.373. The maximum Gasteiger partial charge on any atom is 0.230 e. The number of benzene rings is 1. The number of likely N-dealkylation sites (tertiary alicyclic amines) is 1. The van der Waals surface area contributed by atoms with Crippen LogP contribution >= 0.6 is 0 Å². The highest BCUT2D eigenvalue weighted by Gasteiger charge is 2.39. The molecule has 1 unspecified atom stereocenters. The molecule has 0 bridgehead atoms.